The Kier molecular flexibility index (Phi) is 3.51. The van der Waals surface area contributed by atoms with Gasteiger partial charge in [-0.1, -0.05) is 6.92 Å². The number of piperidine rings is 1. The van der Waals surface area contributed by atoms with E-state index in [4.69, 9.17) is 0 Å². The maximum absolute atomic E-state index is 10.1. The second kappa shape index (κ2) is 4.58. The van der Waals surface area contributed by atoms with Crippen molar-refractivity contribution in [3.63, 3.8) is 0 Å². The van der Waals surface area contributed by atoms with Crippen LogP contribution in [0.3, 0.4) is 0 Å². The molecule has 2 aliphatic heterocycles. The third-order valence-corrected chi connectivity index (χ3v) is 4.11. The van der Waals surface area contributed by atoms with Crippen LogP contribution in [0.25, 0.3) is 0 Å². The molecule has 0 amide bonds. The smallest absolute Gasteiger partial charge is 0.0994 e. The number of hydrogen-bond acceptors (Lipinski definition) is 5. The summed E-state index contributed by atoms with van der Waals surface area (Å²) in [6, 6.07) is -0.321. The summed E-state index contributed by atoms with van der Waals surface area (Å²) >= 11 is 0. The average molecular weight is 230 g/mol. The predicted molar refractivity (Wildman–Crippen MR) is 60.1 cm³/mol. The minimum absolute atomic E-state index is 0.0402. The molecule has 5 nitrogen and oxygen atoms in total. The second-order valence-electron chi connectivity index (χ2n) is 4.96. The normalized spacial score (nSPS) is 45.0. The third kappa shape index (κ3) is 1.87. The molecule has 2 heterocycles. The van der Waals surface area contributed by atoms with Gasteiger partial charge in [0.2, 0.25) is 0 Å². The van der Waals surface area contributed by atoms with Crippen molar-refractivity contribution in [1.29, 1.82) is 0 Å². The SMILES string of the molecule is CCN(C)C1CN2CCC(O)[C@@H]2[C@@H](O)C1O. The molecule has 16 heavy (non-hydrogen) atoms. The van der Waals surface area contributed by atoms with Gasteiger partial charge in [-0.25, -0.2) is 0 Å². The fourth-order valence-corrected chi connectivity index (χ4v) is 2.93. The number of hydrogen-bond donors (Lipinski definition) is 3. The maximum atomic E-state index is 10.1. The van der Waals surface area contributed by atoms with Crippen molar-refractivity contribution in [1.82, 2.24) is 9.80 Å². The number of aliphatic hydroxyl groups is 3. The lowest BCUT2D eigenvalue weighted by molar-refractivity contribution is -0.121. The monoisotopic (exact) mass is 230 g/mol. The molecule has 2 fully saturated rings. The molecule has 0 aromatic carbocycles. The number of fused-ring (bicyclic) bond motifs is 1. The molecule has 3 unspecified atom stereocenters. The van der Waals surface area contributed by atoms with Gasteiger partial charge in [-0.15, -0.1) is 0 Å². The van der Waals surface area contributed by atoms with Gasteiger partial charge < -0.3 is 15.3 Å². The molecule has 0 aliphatic carbocycles. The van der Waals surface area contributed by atoms with Crippen molar-refractivity contribution in [2.24, 2.45) is 0 Å². The lowest BCUT2D eigenvalue weighted by atomic mass is 9.90. The molecule has 0 aromatic heterocycles. The summed E-state index contributed by atoms with van der Waals surface area (Å²) in [5.41, 5.74) is 0. The summed E-state index contributed by atoms with van der Waals surface area (Å²) in [5, 5.41) is 29.9. The van der Waals surface area contributed by atoms with E-state index < -0.39 is 18.3 Å². The zero-order valence-corrected chi connectivity index (χ0v) is 9.95. The van der Waals surface area contributed by atoms with Gasteiger partial charge in [-0.2, -0.15) is 0 Å². The summed E-state index contributed by atoms with van der Waals surface area (Å²) in [5.74, 6) is 0. The molecule has 0 spiro atoms. The fraction of sp³-hybridized carbons (Fsp3) is 1.00. The predicted octanol–water partition coefficient (Wildman–Crippen LogP) is -1.52. The van der Waals surface area contributed by atoms with Crippen LogP contribution in [-0.2, 0) is 0 Å². The van der Waals surface area contributed by atoms with Gasteiger partial charge in [0.25, 0.3) is 0 Å². The Balaban J connectivity index is 2.12. The van der Waals surface area contributed by atoms with E-state index in [1.807, 2.05) is 14.0 Å². The number of nitrogens with zero attached hydrogens (tertiary/aromatic N) is 2. The Labute approximate surface area is 96.3 Å². The highest BCUT2D eigenvalue weighted by Crippen LogP contribution is 2.29. The molecule has 94 valence electrons. The maximum Gasteiger partial charge on any atom is 0.0994 e. The molecular weight excluding hydrogens is 208 g/mol. The topological polar surface area (TPSA) is 67.2 Å². The van der Waals surface area contributed by atoms with Crippen LogP contribution >= 0.6 is 0 Å². The minimum Gasteiger partial charge on any atom is -0.391 e. The Bertz CT molecular complexity index is 251. The van der Waals surface area contributed by atoms with E-state index in [9.17, 15) is 15.3 Å². The highest BCUT2D eigenvalue weighted by molar-refractivity contribution is 5.03. The van der Waals surface area contributed by atoms with Crippen LogP contribution in [0.5, 0.6) is 0 Å². The van der Waals surface area contributed by atoms with Crippen molar-refractivity contribution in [3.05, 3.63) is 0 Å². The highest BCUT2D eigenvalue weighted by atomic mass is 16.3. The van der Waals surface area contributed by atoms with Crippen molar-refractivity contribution < 1.29 is 15.3 Å². The molecule has 3 N–H and O–H groups in total. The second-order valence-corrected chi connectivity index (χ2v) is 4.96. The molecule has 5 heteroatoms. The Morgan fingerprint density at radius 1 is 1.25 bits per heavy atom. The standard InChI is InChI=1S/C11H22N2O3/c1-3-12(2)7-6-13-5-4-8(14)9(13)11(16)10(7)15/h7-11,14-16H,3-6H2,1-2H3/t7?,8?,9-,10?,11-/m1/s1. The summed E-state index contributed by atoms with van der Waals surface area (Å²) in [6.07, 6.45) is -1.42. The van der Waals surface area contributed by atoms with E-state index in [0.717, 1.165) is 19.6 Å². The first-order valence-electron chi connectivity index (χ1n) is 6.04. The summed E-state index contributed by atoms with van der Waals surface area (Å²) in [6.45, 7) is 4.41. The Hall–Kier alpha value is -0.200. The lowest BCUT2D eigenvalue weighted by Crippen LogP contribution is -2.65. The number of likely N-dealkylation sites (N-methyl/N-ethyl adjacent to an activating group) is 1. The van der Waals surface area contributed by atoms with E-state index >= 15 is 0 Å². The largest absolute Gasteiger partial charge is 0.391 e. The third-order valence-electron chi connectivity index (χ3n) is 4.11. The van der Waals surface area contributed by atoms with Crippen LogP contribution in [0.2, 0.25) is 0 Å². The number of rotatable bonds is 2. The van der Waals surface area contributed by atoms with Gasteiger partial charge in [-0.3, -0.25) is 9.80 Å². The van der Waals surface area contributed by atoms with Crippen LogP contribution in [0.15, 0.2) is 0 Å². The van der Waals surface area contributed by atoms with E-state index in [1.165, 1.54) is 0 Å². The van der Waals surface area contributed by atoms with Crippen LogP contribution in [0, 0.1) is 0 Å². The quantitative estimate of drug-likeness (QED) is 0.537. The summed E-state index contributed by atoms with van der Waals surface area (Å²) in [7, 11) is 1.95. The van der Waals surface area contributed by atoms with Gasteiger partial charge in [0.15, 0.2) is 0 Å². The van der Waals surface area contributed by atoms with Gasteiger partial charge in [0, 0.05) is 13.1 Å². The van der Waals surface area contributed by atoms with Crippen molar-refractivity contribution in [2.45, 2.75) is 43.7 Å². The summed E-state index contributed by atoms with van der Waals surface area (Å²) < 4.78 is 0. The Morgan fingerprint density at radius 2 is 1.94 bits per heavy atom. The van der Waals surface area contributed by atoms with Crippen molar-refractivity contribution >= 4 is 0 Å². The van der Waals surface area contributed by atoms with Crippen LogP contribution in [0.1, 0.15) is 13.3 Å². The number of aliphatic hydroxyl groups excluding tert-OH is 3. The van der Waals surface area contributed by atoms with E-state index in [-0.39, 0.29) is 12.1 Å². The molecule has 2 rings (SSSR count). The molecule has 0 aromatic rings. The molecule has 2 aliphatic rings. The molecule has 0 saturated carbocycles. The minimum atomic E-state index is -0.842. The molecule has 5 atom stereocenters. The first-order valence-corrected chi connectivity index (χ1v) is 6.04. The molecule has 2 saturated heterocycles. The van der Waals surface area contributed by atoms with Crippen LogP contribution in [-0.4, -0.2) is 82.2 Å². The fourth-order valence-electron chi connectivity index (χ4n) is 2.93. The van der Waals surface area contributed by atoms with E-state index in [0.29, 0.717) is 6.42 Å². The first kappa shape index (κ1) is 12.3. The lowest BCUT2D eigenvalue weighted by Gasteiger charge is -2.45. The van der Waals surface area contributed by atoms with Gasteiger partial charge in [0.1, 0.15) is 0 Å². The van der Waals surface area contributed by atoms with Gasteiger partial charge in [0.05, 0.1) is 30.4 Å². The zero-order valence-electron chi connectivity index (χ0n) is 9.95. The molecule has 0 radical (unpaired) electrons. The van der Waals surface area contributed by atoms with Crippen LogP contribution in [0.4, 0.5) is 0 Å². The first-order chi connectivity index (χ1) is 7.56. The summed E-state index contributed by atoms with van der Waals surface area (Å²) in [4.78, 5) is 4.15. The highest BCUT2D eigenvalue weighted by Gasteiger charge is 2.48. The van der Waals surface area contributed by atoms with Crippen molar-refractivity contribution in [2.75, 3.05) is 26.7 Å². The van der Waals surface area contributed by atoms with Crippen LogP contribution < -0.4 is 0 Å². The van der Waals surface area contributed by atoms with Crippen molar-refractivity contribution in [3.8, 4) is 0 Å². The average Bonchev–Trinajstić information content (AvgIpc) is 2.64. The van der Waals surface area contributed by atoms with E-state index in [1.54, 1.807) is 0 Å². The van der Waals surface area contributed by atoms with E-state index in [2.05, 4.69) is 9.80 Å². The Morgan fingerprint density at radius 3 is 2.56 bits per heavy atom. The zero-order chi connectivity index (χ0) is 11.9. The molecule has 0 bridgehead atoms. The van der Waals surface area contributed by atoms with Gasteiger partial charge >= 0.3 is 0 Å². The molecular formula is C11H22N2O3. The van der Waals surface area contributed by atoms with Gasteiger partial charge in [-0.05, 0) is 20.0 Å².